The van der Waals surface area contributed by atoms with Crippen LogP contribution < -0.4 is 0 Å². The van der Waals surface area contributed by atoms with Gasteiger partial charge >= 0.3 is 0 Å². The number of hydrogen-bond acceptors (Lipinski definition) is 1. The molecule has 0 amide bonds. The highest BCUT2D eigenvalue weighted by atomic mass is 16.5. The molecule has 0 aliphatic heterocycles. The summed E-state index contributed by atoms with van der Waals surface area (Å²) >= 11 is 0. The van der Waals surface area contributed by atoms with Gasteiger partial charge in [-0.2, -0.15) is 0 Å². The molecular formula is C11H16O. The minimum absolute atomic E-state index is 0.186. The standard InChI is InChI=1S/C11H16O/c1-5-7-9-11(8-6-2)12-10(3)4/h5-10H,1-2H2,3-4H3/b9-7-,11-8+. The van der Waals surface area contributed by atoms with Gasteiger partial charge in [0.15, 0.2) is 0 Å². The van der Waals surface area contributed by atoms with E-state index in [1.165, 1.54) is 0 Å². The van der Waals surface area contributed by atoms with Crippen LogP contribution in [0.2, 0.25) is 0 Å². The van der Waals surface area contributed by atoms with Crippen LogP contribution in [0.3, 0.4) is 0 Å². The molecule has 1 nitrogen and oxygen atoms in total. The van der Waals surface area contributed by atoms with Crippen molar-refractivity contribution in [2.24, 2.45) is 0 Å². The molecule has 0 aliphatic rings. The Labute approximate surface area is 74.7 Å². The van der Waals surface area contributed by atoms with E-state index in [0.29, 0.717) is 0 Å². The van der Waals surface area contributed by atoms with Crippen molar-refractivity contribution in [3.05, 3.63) is 49.3 Å². The van der Waals surface area contributed by atoms with Crippen molar-refractivity contribution < 1.29 is 4.74 Å². The Kier molecular flexibility index (Phi) is 5.80. The normalized spacial score (nSPS) is 12.1. The van der Waals surface area contributed by atoms with E-state index in [2.05, 4.69) is 13.2 Å². The lowest BCUT2D eigenvalue weighted by molar-refractivity contribution is 0.158. The van der Waals surface area contributed by atoms with E-state index in [0.717, 1.165) is 5.76 Å². The highest BCUT2D eigenvalue weighted by Gasteiger charge is 1.94. The zero-order valence-electron chi connectivity index (χ0n) is 7.79. The second-order valence-electron chi connectivity index (χ2n) is 2.57. The molecule has 0 aliphatic carbocycles. The summed E-state index contributed by atoms with van der Waals surface area (Å²) in [5.41, 5.74) is 0. The maximum Gasteiger partial charge on any atom is 0.119 e. The Morgan fingerprint density at radius 2 is 1.92 bits per heavy atom. The molecule has 0 unspecified atom stereocenters. The van der Waals surface area contributed by atoms with E-state index in [9.17, 15) is 0 Å². The lowest BCUT2D eigenvalue weighted by Gasteiger charge is -2.09. The fourth-order valence-corrected chi connectivity index (χ4v) is 0.685. The van der Waals surface area contributed by atoms with Crippen LogP contribution >= 0.6 is 0 Å². The molecule has 0 atom stereocenters. The Morgan fingerprint density at radius 3 is 2.33 bits per heavy atom. The first-order valence-corrected chi connectivity index (χ1v) is 3.99. The van der Waals surface area contributed by atoms with Crippen molar-refractivity contribution >= 4 is 0 Å². The van der Waals surface area contributed by atoms with Gasteiger partial charge in [0.1, 0.15) is 5.76 Å². The number of ether oxygens (including phenoxy) is 1. The summed E-state index contributed by atoms with van der Waals surface area (Å²) in [5.74, 6) is 0.805. The topological polar surface area (TPSA) is 9.23 Å². The third-order valence-corrected chi connectivity index (χ3v) is 1.05. The molecule has 0 bridgehead atoms. The van der Waals surface area contributed by atoms with Gasteiger partial charge < -0.3 is 4.74 Å². The van der Waals surface area contributed by atoms with Gasteiger partial charge in [-0.25, -0.2) is 0 Å². The molecule has 66 valence electrons. The van der Waals surface area contributed by atoms with Crippen molar-refractivity contribution in [2.75, 3.05) is 0 Å². The maximum absolute atomic E-state index is 5.45. The van der Waals surface area contributed by atoms with Gasteiger partial charge in [0.05, 0.1) is 6.10 Å². The lowest BCUT2D eigenvalue weighted by atomic mass is 10.3. The van der Waals surface area contributed by atoms with E-state index < -0.39 is 0 Å². The molecule has 0 saturated carbocycles. The summed E-state index contributed by atoms with van der Waals surface area (Å²) in [4.78, 5) is 0. The van der Waals surface area contributed by atoms with E-state index >= 15 is 0 Å². The largest absolute Gasteiger partial charge is 0.491 e. The molecular weight excluding hydrogens is 148 g/mol. The second kappa shape index (κ2) is 6.47. The average molecular weight is 164 g/mol. The van der Waals surface area contributed by atoms with Gasteiger partial charge in [0, 0.05) is 0 Å². The predicted octanol–water partition coefficient (Wildman–Crippen LogP) is 3.22. The molecule has 0 N–H and O–H groups in total. The molecule has 0 heterocycles. The summed E-state index contributed by atoms with van der Waals surface area (Å²) < 4.78 is 5.45. The van der Waals surface area contributed by atoms with Gasteiger partial charge in [0.25, 0.3) is 0 Å². The number of allylic oxidation sites excluding steroid dienone is 5. The molecule has 1 heteroatoms. The summed E-state index contributed by atoms with van der Waals surface area (Å²) in [6, 6.07) is 0. The first-order valence-electron chi connectivity index (χ1n) is 3.99. The smallest absolute Gasteiger partial charge is 0.119 e. The Hall–Kier alpha value is -1.24. The van der Waals surface area contributed by atoms with Crippen LogP contribution in [-0.2, 0) is 4.74 Å². The molecule has 0 fully saturated rings. The Balaban J connectivity index is 4.23. The van der Waals surface area contributed by atoms with E-state index in [-0.39, 0.29) is 6.10 Å². The third-order valence-electron chi connectivity index (χ3n) is 1.05. The van der Waals surface area contributed by atoms with Gasteiger partial charge in [-0.05, 0) is 26.0 Å². The molecule has 0 rings (SSSR count). The van der Waals surface area contributed by atoms with Crippen molar-refractivity contribution in [2.45, 2.75) is 20.0 Å². The van der Waals surface area contributed by atoms with Gasteiger partial charge in [0.2, 0.25) is 0 Å². The summed E-state index contributed by atoms with van der Waals surface area (Å²) in [6.07, 6.45) is 9.10. The fraction of sp³-hybridized carbons (Fsp3) is 0.273. The van der Waals surface area contributed by atoms with Crippen molar-refractivity contribution in [1.82, 2.24) is 0 Å². The quantitative estimate of drug-likeness (QED) is 0.448. The van der Waals surface area contributed by atoms with Crippen LogP contribution in [0.4, 0.5) is 0 Å². The minimum Gasteiger partial charge on any atom is -0.491 e. The van der Waals surface area contributed by atoms with Crippen LogP contribution in [0.15, 0.2) is 49.3 Å². The second-order valence-corrected chi connectivity index (χ2v) is 2.57. The van der Waals surface area contributed by atoms with E-state index in [1.54, 1.807) is 12.2 Å². The zero-order valence-corrected chi connectivity index (χ0v) is 7.79. The Bertz CT molecular complexity index is 197. The van der Waals surface area contributed by atoms with Crippen molar-refractivity contribution in [3.63, 3.8) is 0 Å². The summed E-state index contributed by atoms with van der Waals surface area (Å²) in [5, 5.41) is 0. The van der Waals surface area contributed by atoms with Crippen LogP contribution in [0, 0.1) is 0 Å². The van der Waals surface area contributed by atoms with Gasteiger partial charge in [-0.1, -0.05) is 31.4 Å². The average Bonchev–Trinajstić information content (AvgIpc) is 2.00. The van der Waals surface area contributed by atoms with Crippen LogP contribution in [0.25, 0.3) is 0 Å². The molecule has 12 heavy (non-hydrogen) atoms. The molecule has 0 aromatic carbocycles. The van der Waals surface area contributed by atoms with E-state index in [1.807, 2.05) is 32.1 Å². The highest BCUT2D eigenvalue weighted by Crippen LogP contribution is 2.04. The number of rotatable bonds is 5. The first-order chi connectivity index (χ1) is 5.70. The molecule has 0 radical (unpaired) electrons. The lowest BCUT2D eigenvalue weighted by Crippen LogP contribution is -2.00. The van der Waals surface area contributed by atoms with Gasteiger partial charge in [-0.3, -0.25) is 0 Å². The SMILES string of the molecule is C=C/C=C\C(=C/C=C)OC(C)C. The van der Waals surface area contributed by atoms with Crippen molar-refractivity contribution in [1.29, 1.82) is 0 Å². The Morgan fingerprint density at radius 1 is 1.25 bits per heavy atom. The zero-order chi connectivity index (χ0) is 9.40. The molecule has 0 spiro atoms. The van der Waals surface area contributed by atoms with Crippen molar-refractivity contribution in [3.8, 4) is 0 Å². The summed E-state index contributed by atoms with van der Waals surface area (Å²) in [6.45, 7) is 11.1. The van der Waals surface area contributed by atoms with Crippen LogP contribution in [0.5, 0.6) is 0 Å². The van der Waals surface area contributed by atoms with Crippen LogP contribution in [-0.4, -0.2) is 6.10 Å². The predicted molar refractivity (Wildman–Crippen MR) is 53.8 cm³/mol. The molecule has 0 aromatic rings. The molecule has 0 aromatic heterocycles. The monoisotopic (exact) mass is 164 g/mol. The first kappa shape index (κ1) is 10.8. The minimum atomic E-state index is 0.186. The van der Waals surface area contributed by atoms with Crippen LogP contribution in [0.1, 0.15) is 13.8 Å². The summed E-state index contributed by atoms with van der Waals surface area (Å²) in [7, 11) is 0. The fourth-order valence-electron chi connectivity index (χ4n) is 0.685. The molecule has 0 saturated heterocycles. The third kappa shape index (κ3) is 5.54. The van der Waals surface area contributed by atoms with E-state index in [4.69, 9.17) is 4.74 Å². The number of hydrogen-bond donors (Lipinski definition) is 0. The highest BCUT2D eigenvalue weighted by molar-refractivity contribution is 5.20. The van der Waals surface area contributed by atoms with Gasteiger partial charge in [-0.15, -0.1) is 0 Å². The maximum atomic E-state index is 5.45.